The Hall–Kier alpha value is -3.13. The number of nitrogens with zero attached hydrogens (tertiary/aromatic N) is 1. The van der Waals surface area contributed by atoms with E-state index in [2.05, 4.69) is 43.6 Å². The van der Waals surface area contributed by atoms with Crippen LogP contribution in [-0.4, -0.2) is 34.0 Å². The Morgan fingerprint density at radius 3 is 2.26 bits per heavy atom. The van der Waals surface area contributed by atoms with E-state index in [-0.39, 0.29) is 28.5 Å². The summed E-state index contributed by atoms with van der Waals surface area (Å²) < 4.78 is 5.55. The van der Waals surface area contributed by atoms with Gasteiger partial charge in [-0.1, -0.05) is 48.5 Å². The third-order valence-corrected chi connectivity index (χ3v) is 5.26. The molecule has 136 valence electrons. The summed E-state index contributed by atoms with van der Waals surface area (Å²) in [6.07, 6.45) is -0.707. The second-order valence-corrected chi connectivity index (χ2v) is 6.81. The fourth-order valence-electron chi connectivity index (χ4n) is 3.28. The van der Waals surface area contributed by atoms with Gasteiger partial charge in [0.25, 0.3) is 0 Å². The monoisotopic (exact) mass is 427 g/mol. The Morgan fingerprint density at radius 2 is 1.70 bits per heavy atom. The van der Waals surface area contributed by atoms with E-state index in [0.29, 0.717) is 0 Å². The van der Waals surface area contributed by atoms with E-state index in [4.69, 9.17) is 9.84 Å². The van der Waals surface area contributed by atoms with Crippen molar-refractivity contribution in [1.29, 1.82) is 0 Å². The fourth-order valence-corrected chi connectivity index (χ4v) is 3.73. The first-order valence-corrected chi connectivity index (χ1v) is 8.94. The molecule has 8 heteroatoms. The molecule has 3 aromatic rings. The first-order valence-electron chi connectivity index (χ1n) is 8.15. The topological polar surface area (TPSA) is 104 Å². The molecule has 0 aliphatic heterocycles. The lowest BCUT2D eigenvalue weighted by molar-refractivity contribution is 0.0689. The van der Waals surface area contributed by atoms with E-state index in [9.17, 15) is 9.59 Å². The highest BCUT2D eigenvalue weighted by Crippen LogP contribution is 2.44. The largest absolute Gasteiger partial charge is 0.476 e. The normalized spacial score (nSPS) is 12.3. The number of hydrogen-bond acceptors (Lipinski definition) is 4. The molecule has 1 aromatic heterocycles. The van der Waals surface area contributed by atoms with Crippen molar-refractivity contribution in [3.63, 3.8) is 0 Å². The van der Waals surface area contributed by atoms with Gasteiger partial charge in [-0.3, -0.25) is 10.4 Å². The SMILES string of the molecule is O=C(Nc1n[nH]c(C(=O)O)c1Br)OCC1c2ccccc2-c2ccccc21. The lowest BCUT2D eigenvalue weighted by Gasteiger charge is -2.14. The number of hydrogen-bond donors (Lipinski definition) is 3. The maximum atomic E-state index is 12.2. The maximum Gasteiger partial charge on any atom is 0.412 e. The van der Waals surface area contributed by atoms with Crippen molar-refractivity contribution >= 4 is 33.8 Å². The summed E-state index contributed by atoms with van der Waals surface area (Å²) in [6.45, 7) is 0.160. The predicted molar refractivity (Wildman–Crippen MR) is 102 cm³/mol. The average molecular weight is 428 g/mol. The van der Waals surface area contributed by atoms with Gasteiger partial charge in [0.1, 0.15) is 6.61 Å². The number of aromatic carboxylic acids is 1. The molecule has 2 aromatic carbocycles. The molecule has 0 radical (unpaired) electrons. The summed E-state index contributed by atoms with van der Waals surface area (Å²) in [7, 11) is 0. The zero-order valence-electron chi connectivity index (χ0n) is 13.9. The first kappa shape index (κ1) is 17.3. The van der Waals surface area contributed by atoms with Gasteiger partial charge in [0.2, 0.25) is 0 Å². The molecular weight excluding hydrogens is 414 g/mol. The number of anilines is 1. The number of carbonyl (C=O) groups excluding carboxylic acids is 1. The number of halogens is 1. The van der Waals surface area contributed by atoms with Crippen LogP contribution in [0.3, 0.4) is 0 Å². The van der Waals surface area contributed by atoms with Gasteiger partial charge in [-0.05, 0) is 38.2 Å². The van der Waals surface area contributed by atoms with E-state index in [1.54, 1.807) is 0 Å². The van der Waals surface area contributed by atoms with Crippen LogP contribution < -0.4 is 5.32 Å². The van der Waals surface area contributed by atoms with Crippen molar-refractivity contribution in [3.05, 3.63) is 69.8 Å². The Labute approximate surface area is 162 Å². The molecule has 7 nitrogen and oxygen atoms in total. The van der Waals surface area contributed by atoms with E-state index in [1.807, 2.05) is 36.4 Å². The Morgan fingerprint density at radius 1 is 1.11 bits per heavy atom. The molecule has 0 saturated heterocycles. The third kappa shape index (κ3) is 3.08. The molecule has 0 atom stereocenters. The number of ether oxygens (including phenoxy) is 1. The minimum atomic E-state index is -1.19. The summed E-state index contributed by atoms with van der Waals surface area (Å²) in [4.78, 5) is 23.2. The average Bonchev–Trinajstić information content (AvgIpc) is 3.18. The van der Waals surface area contributed by atoms with Crippen LogP contribution in [-0.2, 0) is 4.74 Å². The van der Waals surface area contributed by atoms with Crippen LogP contribution in [0.4, 0.5) is 10.6 Å². The summed E-state index contributed by atoms with van der Waals surface area (Å²) in [5, 5.41) is 17.5. The van der Waals surface area contributed by atoms with Crippen molar-refractivity contribution in [2.75, 3.05) is 11.9 Å². The number of H-pyrrole nitrogens is 1. The van der Waals surface area contributed by atoms with Gasteiger partial charge in [-0.15, -0.1) is 0 Å². The molecule has 4 rings (SSSR count). The number of nitrogens with one attached hydrogen (secondary N) is 2. The third-order valence-electron chi connectivity index (χ3n) is 4.48. The number of aromatic nitrogens is 2. The van der Waals surface area contributed by atoms with Gasteiger partial charge in [0, 0.05) is 5.92 Å². The first-order chi connectivity index (χ1) is 13.1. The zero-order chi connectivity index (χ0) is 19.0. The number of amides is 1. The summed E-state index contributed by atoms with van der Waals surface area (Å²) in [5.41, 5.74) is 4.36. The zero-order valence-corrected chi connectivity index (χ0v) is 15.5. The number of carboxylic acids is 1. The van der Waals surface area contributed by atoms with Gasteiger partial charge in [0.15, 0.2) is 11.5 Å². The van der Waals surface area contributed by atoms with Crippen LogP contribution in [0.15, 0.2) is 53.0 Å². The molecule has 1 heterocycles. The van der Waals surface area contributed by atoms with Crippen LogP contribution in [0.2, 0.25) is 0 Å². The van der Waals surface area contributed by atoms with Crippen LogP contribution in [0.5, 0.6) is 0 Å². The molecular formula is C19H14BrN3O4. The van der Waals surface area contributed by atoms with Gasteiger partial charge < -0.3 is 9.84 Å². The minimum absolute atomic E-state index is 0.0552. The van der Waals surface area contributed by atoms with Crippen LogP contribution in [0.25, 0.3) is 11.1 Å². The summed E-state index contributed by atoms with van der Waals surface area (Å²) >= 11 is 3.10. The molecule has 0 bridgehead atoms. The second-order valence-electron chi connectivity index (χ2n) is 6.02. The van der Waals surface area contributed by atoms with Crippen molar-refractivity contribution in [3.8, 4) is 11.1 Å². The highest BCUT2D eigenvalue weighted by Gasteiger charge is 2.29. The Balaban J connectivity index is 1.49. The van der Waals surface area contributed by atoms with E-state index in [0.717, 1.165) is 22.3 Å². The highest BCUT2D eigenvalue weighted by molar-refractivity contribution is 9.10. The van der Waals surface area contributed by atoms with Crippen molar-refractivity contribution in [2.45, 2.75) is 5.92 Å². The molecule has 1 amide bonds. The van der Waals surface area contributed by atoms with Crippen molar-refractivity contribution in [1.82, 2.24) is 10.2 Å². The molecule has 0 fully saturated rings. The molecule has 27 heavy (non-hydrogen) atoms. The number of aromatic amines is 1. The lowest BCUT2D eigenvalue weighted by Crippen LogP contribution is -2.18. The lowest BCUT2D eigenvalue weighted by atomic mass is 9.98. The van der Waals surface area contributed by atoms with Gasteiger partial charge in [-0.2, -0.15) is 5.10 Å². The van der Waals surface area contributed by atoms with Crippen LogP contribution in [0, 0.1) is 0 Å². The number of carboxylic acid groups (broad SMARTS) is 1. The fraction of sp³-hybridized carbons (Fsp3) is 0.105. The number of carbonyl (C=O) groups is 2. The maximum absolute atomic E-state index is 12.2. The number of fused-ring (bicyclic) bond motifs is 3. The van der Waals surface area contributed by atoms with E-state index >= 15 is 0 Å². The van der Waals surface area contributed by atoms with Gasteiger partial charge >= 0.3 is 12.1 Å². The quantitative estimate of drug-likeness (QED) is 0.577. The summed E-state index contributed by atoms with van der Waals surface area (Å²) in [6, 6.07) is 16.1. The van der Waals surface area contributed by atoms with Gasteiger partial charge in [0.05, 0.1) is 4.47 Å². The van der Waals surface area contributed by atoms with E-state index in [1.165, 1.54) is 0 Å². The van der Waals surface area contributed by atoms with Crippen molar-refractivity contribution in [2.24, 2.45) is 0 Å². The smallest absolute Gasteiger partial charge is 0.412 e. The molecule has 0 unspecified atom stereocenters. The van der Waals surface area contributed by atoms with Crippen LogP contribution in [0.1, 0.15) is 27.5 Å². The minimum Gasteiger partial charge on any atom is -0.476 e. The second kappa shape index (κ2) is 6.88. The standard InChI is InChI=1S/C19H14BrN3O4/c20-15-16(18(24)25)22-23-17(15)21-19(26)27-9-14-12-7-3-1-5-10(12)11-6-2-4-8-13(11)14/h1-8,14H,9H2,(H,24,25)(H2,21,22,23,26). The van der Waals surface area contributed by atoms with E-state index < -0.39 is 12.1 Å². The Kier molecular flexibility index (Phi) is 4.41. The van der Waals surface area contributed by atoms with Crippen LogP contribution >= 0.6 is 15.9 Å². The number of benzene rings is 2. The number of rotatable bonds is 4. The molecule has 3 N–H and O–H groups in total. The molecule has 0 saturated carbocycles. The van der Waals surface area contributed by atoms with Gasteiger partial charge in [-0.25, -0.2) is 9.59 Å². The molecule has 1 aliphatic carbocycles. The molecule has 1 aliphatic rings. The van der Waals surface area contributed by atoms with Crippen molar-refractivity contribution < 1.29 is 19.4 Å². The summed E-state index contributed by atoms with van der Waals surface area (Å²) in [5.74, 6) is -1.18. The molecule has 0 spiro atoms. The predicted octanol–water partition coefficient (Wildman–Crippen LogP) is 4.23. The highest BCUT2D eigenvalue weighted by atomic mass is 79.9. The Bertz CT molecular complexity index is 1000.